The van der Waals surface area contributed by atoms with Crippen LogP contribution in [0.3, 0.4) is 0 Å². The van der Waals surface area contributed by atoms with E-state index in [1.807, 2.05) is 4.57 Å². The molecule has 0 atom stereocenters. The molecule has 0 unspecified atom stereocenters. The molecule has 0 aromatic carbocycles. The number of aliphatic hydroxyl groups excluding tert-OH is 1. The molecule has 3 heteroatoms. The van der Waals surface area contributed by atoms with Crippen LogP contribution < -0.4 is 0 Å². The van der Waals surface area contributed by atoms with Gasteiger partial charge in [-0.2, -0.15) is 0 Å². The maximum Gasteiger partial charge on any atom is 0.0948 e. The van der Waals surface area contributed by atoms with Crippen molar-refractivity contribution in [1.29, 1.82) is 0 Å². The molecular formula is C10H18N2O. The van der Waals surface area contributed by atoms with E-state index in [4.69, 9.17) is 5.11 Å². The summed E-state index contributed by atoms with van der Waals surface area (Å²) in [6.45, 7) is 5.45. The minimum atomic E-state index is 0.0835. The largest absolute Gasteiger partial charge is 0.390 e. The summed E-state index contributed by atoms with van der Waals surface area (Å²) in [4.78, 5) is 4.02. The molecule has 1 aromatic heterocycles. The lowest BCUT2D eigenvalue weighted by molar-refractivity contribution is 0.266. The lowest BCUT2D eigenvalue weighted by atomic mass is 10.0. The number of hydrogen-bond acceptors (Lipinski definition) is 2. The standard InChI is InChI=1S/C10H18N2O/c1-3-9(4-2)6-12-8-11-5-10(12)7-13/h5,8-9,13H,3-4,6-7H2,1-2H3. The Morgan fingerprint density at radius 1 is 1.46 bits per heavy atom. The van der Waals surface area contributed by atoms with Crippen LogP contribution in [0.25, 0.3) is 0 Å². The molecule has 1 N–H and O–H groups in total. The van der Waals surface area contributed by atoms with Crippen molar-refractivity contribution in [3.8, 4) is 0 Å². The SMILES string of the molecule is CCC(CC)Cn1cncc1CO. The van der Waals surface area contributed by atoms with E-state index in [9.17, 15) is 0 Å². The fourth-order valence-corrected chi connectivity index (χ4v) is 1.47. The predicted octanol–water partition coefficient (Wildman–Crippen LogP) is 1.81. The third kappa shape index (κ3) is 2.56. The van der Waals surface area contributed by atoms with E-state index >= 15 is 0 Å². The zero-order valence-electron chi connectivity index (χ0n) is 8.40. The van der Waals surface area contributed by atoms with Gasteiger partial charge in [0.25, 0.3) is 0 Å². The van der Waals surface area contributed by atoms with E-state index in [1.54, 1.807) is 12.5 Å². The van der Waals surface area contributed by atoms with Crippen LogP contribution in [0, 0.1) is 5.92 Å². The minimum Gasteiger partial charge on any atom is -0.390 e. The van der Waals surface area contributed by atoms with Crippen LogP contribution in [-0.4, -0.2) is 14.7 Å². The first-order chi connectivity index (χ1) is 6.31. The van der Waals surface area contributed by atoms with Gasteiger partial charge in [-0.3, -0.25) is 0 Å². The Balaban J connectivity index is 2.61. The van der Waals surface area contributed by atoms with E-state index in [0.717, 1.165) is 12.2 Å². The third-order valence-electron chi connectivity index (χ3n) is 2.57. The summed E-state index contributed by atoms with van der Waals surface area (Å²) in [5, 5.41) is 9.00. The van der Waals surface area contributed by atoms with Crippen molar-refractivity contribution in [3.63, 3.8) is 0 Å². The Morgan fingerprint density at radius 2 is 2.15 bits per heavy atom. The van der Waals surface area contributed by atoms with Gasteiger partial charge in [-0.15, -0.1) is 0 Å². The van der Waals surface area contributed by atoms with Gasteiger partial charge in [0.15, 0.2) is 0 Å². The van der Waals surface area contributed by atoms with Crippen LogP contribution in [0.5, 0.6) is 0 Å². The third-order valence-corrected chi connectivity index (χ3v) is 2.57. The van der Waals surface area contributed by atoms with Crippen molar-refractivity contribution in [1.82, 2.24) is 9.55 Å². The molecular weight excluding hydrogens is 164 g/mol. The summed E-state index contributed by atoms with van der Waals surface area (Å²) in [7, 11) is 0. The summed E-state index contributed by atoms with van der Waals surface area (Å²) < 4.78 is 2.04. The summed E-state index contributed by atoms with van der Waals surface area (Å²) in [5.41, 5.74) is 0.909. The molecule has 74 valence electrons. The Kier molecular flexibility index (Phi) is 3.96. The summed E-state index contributed by atoms with van der Waals surface area (Å²) in [6, 6.07) is 0. The number of aliphatic hydroxyl groups is 1. The number of rotatable bonds is 5. The second-order valence-corrected chi connectivity index (χ2v) is 3.38. The number of hydrogen-bond donors (Lipinski definition) is 1. The minimum absolute atomic E-state index is 0.0835. The highest BCUT2D eigenvalue weighted by Gasteiger charge is 2.06. The molecule has 1 heterocycles. The summed E-state index contributed by atoms with van der Waals surface area (Å²) >= 11 is 0. The smallest absolute Gasteiger partial charge is 0.0948 e. The predicted molar refractivity (Wildman–Crippen MR) is 52.2 cm³/mol. The van der Waals surface area contributed by atoms with E-state index in [-0.39, 0.29) is 6.61 Å². The van der Waals surface area contributed by atoms with Gasteiger partial charge in [0.05, 0.1) is 24.8 Å². The van der Waals surface area contributed by atoms with Gasteiger partial charge in [0.1, 0.15) is 0 Å². The zero-order valence-corrected chi connectivity index (χ0v) is 8.40. The van der Waals surface area contributed by atoms with Crippen molar-refractivity contribution < 1.29 is 5.11 Å². The summed E-state index contributed by atoms with van der Waals surface area (Å²) in [6.07, 6.45) is 5.88. The summed E-state index contributed by atoms with van der Waals surface area (Å²) in [5.74, 6) is 0.694. The highest BCUT2D eigenvalue weighted by atomic mass is 16.3. The molecule has 0 aliphatic rings. The number of aromatic nitrogens is 2. The van der Waals surface area contributed by atoms with Gasteiger partial charge < -0.3 is 9.67 Å². The van der Waals surface area contributed by atoms with Gasteiger partial charge in [0.2, 0.25) is 0 Å². The first-order valence-corrected chi connectivity index (χ1v) is 4.91. The van der Waals surface area contributed by atoms with E-state index < -0.39 is 0 Å². The fourth-order valence-electron chi connectivity index (χ4n) is 1.47. The molecule has 13 heavy (non-hydrogen) atoms. The van der Waals surface area contributed by atoms with Gasteiger partial charge in [0, 0.05) is 6.54 Å². The molecule has 0 amide bonds. The molecule has 1 rings (SSSR count). The monoisotopic (exact) mass is 182 g/mol. The van der Waals surface area contributed by atoms with Crippen LogP contribution in [0.4, 0.5) is 0 Å². The molecule has 0 aliphatic heterocycles. The maximum absolute atomic E-state index is 9.00. The van der Waals surface area contributed by atoms with E-state index in [0.29, 0.717) is 5.92 Å². The maximum atomic E-state index is 9.00. The van der Waals surface area contributed by atoms with Gasteiger partial charge in [-0.1, -0.05) is 26.7 Å². The normalized spacial score (nSPS) is 11.1. The molecule has 0 saturated carbocycles. The second kappa shape index (κ2) is 5.02. The van der Waals surface area contributed by atoms with Crippen molar-refractivity contribution >= 4 is 0 Å². The first-order valence-electron chi connectivity index (χ1n) is 4.91. The molecule has 0 fully saturated rings. The average Bonchev–Trinajstić information content (AvgIpc) is 2.61. The lowest BCUT2D eigenvalue weighted by Gasteiger charge is -2.14. The van der Waals surface area contributed by atoms with Crippen LogP contribution in [-0.2, 0) is 13.2 Å². The second-order valence-electron chi connectivity index (χ2n) is 3.38. The van der Waals surface area contributed by atoms with E-state index in [2.05, 4.69) is 18.8 Å². The van der Waals surface area contributed by atoms with Gasteiger partial charge in [-0.05, 0) is 5.92 Å². The highest BCUT2D eigenvalue weighted by molar-refractivity contribution is 4.96. The van der Waals surface area contributed by atoms with Gasteiger partial charge >= 0.3 is 0 Å². The molecule has 3 nitrogen and oxygen atoms in total. The quantitative estimate of drug-likeness (QED) is 0.754. The van der Waals surface area contributed by atoms with Gasteiger partial charge in [-0.25, -0.2) is 4.98 Å². The molecule has 0 radical (unpaired) electrons. The first kappa shape index (κ1) is 10.3. The lowest BCUT2D eigenvalue weighted by Crippen LogP contribution is -2.10. The van der Waals surface area contributed by atoms with Crippen LogP contribution in [0.1, 0.15) is 32.4 Å². The van der Waals surface area contributed by atoms with Crippen molar-refractivity contribution in [3.05, 3.63) is 18.2 Å². The van der Waals surface area contributed by atoms with Crippen molar-refractivity contribution in [2.24, 2.45) is 5.92 Å². The van der Waals surface area contributed by atoms with Crippen LogP contribution >= 0.6 is 0 Å². The molecule has 0 aliphatic carbocycles. The molecule has 0 saturated heterocycles. The Hall–Kier alpha value is -0.830. The van der Waals surface area contributed by atoms with Crippen LogP contribution in [0.2, 0.25) is 0 Å². The fraction of sp³-hybridized carbons (Fsp3) is 0.700. The highest BCUT2D eigenvalue weighted by Crippen LogP contribution is 2.12. The Labute approximate surface area is 79.4 Å². The molecule has 0 spiro atoms. The van der Waals surface area contributed by atoms with Crippen molar-refractivity contribution in [2.75, 3.05) is 0 Å². The average molecular weight is 182 g/mol. The van der Waals surface area contributed by atoms with Crippen LogP contribution in [0.15, 0.2) is 12.5 Å². The van der Waals surface area contributed by atoms with Crippen molar-refractivity contribution in [2.45, 2.75) is 39.8 Å². The molecule has 1 aromatic rings. The Morgan fingerprint density at radius 3 is 2.69 bits per heavy atom. The number of imidazole rings is 1. The Bertz CT molecular complexity index is 241. The number of nitrogens with zero attached hydrogens (tertiary/aromatic N) is 2. The zero-order chi connectivity index (χ0) is 9.68. The van der Waals surface area contributed by atoms with E-state index in [1.165, 1.54) is 12.8 Å². The topological polar surface area (TPSA) is 38.0 Å². The molecule has 0 bridgehead atoms.